The van der Waals surface area contributed by atoms with Gasteiger partial charge in [-0.2, -0.15) is 0 Å². The monoisotopic (exact) mass is 240 g/mol. The van der Waals surface area contributed by atoms with Gasteiger partial charge in [0.15, 0.2) is 0 Å². The van der Waals surface area contributed by atoms with E-state index in [-0.39, 0.29) is 0 Å². The molecule has 1 aliphatic heterocycles. The molecule has 1 heterocycles. The summed E-state index contributed by atoms with van der Waals surface area (Å²) in [4.78, 5) is 2.59. The molecule has 1 N–H and O–H groups in total. The summed E-state index contributed by atoms with van der Waals surface area (Å²) in [5.74, 6) is 0.750. The van der Waals surface area contributed by atoms with Crippen LogP contribution in [-0.2, 0) is 0 Å². The van der Waals surface area contributed by atoms with Gasteiger partial charge in [0.2, 0.25) is 0 Å². The highest BCUT2D eigenvalue weighted by molar-refractivity contribution is 4.88. The summed E-state index contributed by atoms with van der Waals surface area (Å²) in [6.45, 7) is 13.1. The predicted molar refractivity (Wildman–Crippen MR) is 76.4 cm³/mol. The minimum Gasteiger partial charge on any atom is -0.317 e. The molecule has 1 saturated heterocycles. The second-order valence-corrected chi connectivity index (χ2v) is 6.40. The van der Waals surface area contributed by atoms with Gasteiger partial charge < -0.3 is 10.2 Å². The fourth-order valence-electron chi connectivity index (χ4n) is 3.16. The highest BCUT2D eigenvalue weighted by atomic mass is 15.1. The smallest absolute Gasteiger partial charge is 0.00871 e. The summed E-state index contributed by atoms with van der Waals surface area (Å²) in [6, 6.07) is 0.693. The van der Waals surface area contributed by atoms with Crippen LogP contribution in [0.3, 0.4) is 0 Å². The Morgan fingerprint density at radius 1 is 1.18 bits per heavy atom. The van der Waals surface area contributed by atoms with Crippen LogP contribution in [0.2, 0.25) is 0 Å². The van der Waals surface area contributed by atoms with Crippen molar-refractivity contribution in [2.24, 2.45) is 11.3 Å². The lowest BCUT2D eigenvalue weighted by atomic mass is 9.74. The molecule has 0 spiro atoms. The molecule has 0 bridgehead atoms. The minimum absolute atomic E-state index is 0.581. The average molecular weight is 240 g/mol. The molecule has 1 rings (SSSR count). The lowest BCUT2D eigenvalue weighted by Gasteiger charge is -2.43. The Bertz CT molecular complexity index is 201. The van der Waals surface area contributed by atoms with Crippen LogP contribution in [0.25, 0.3) is 0 Å². The molecule has 0 aromatic heterocycles. The molecule has 102 valence electrons. The van der Waals surface area contributed by atoms with Crippen molar-refractivity contribution in [2.75, 3.05) is 26.7 Å². The van der Waals surface area contributed by atoms with E-state index in [2.05, 4.69) is 45.0 Å². The predicted octanol–water partition coefficient (Wildman–Crippen LogP) is 3.13. The second kappa shape index (κ2) is 6.75. The summed E-state index contributed by atoms with van der Waals surface area (Å²) in [5, 5.41) is 3.50. The average Bonchev–Trinajstić information content (AvgIpc) is 2.29. The third-order valence-corrected chi connectivity index (χ3v) is 4.69. The Hall–Kier alpha value is -0.0800. The van der Waals surface area contributed by atoms with Crippen LogP contribution in [-0.4, -0.2) is 37.6 Å². The Labute approximate surface area is 108 Å². The van der Waals surface area contributed by atoms with E-state index in [0.29, 0.717) is 11.5 Å². The van der Waals surface area contributed by atoms with E-state index in [1.807, 2.05) is 0 Å². The molecule has 1 fully saturated rings. The third-order valence-electron chi connectivity index (χ3n) is 4.69. The highest BCUT2D eigenvalue weighted by Gasteiger charge is 2.33. The standard InChI is InChI=1S/C15H32N2/c1-6-7-15(8-10-16-11-9-15)12-17(5)14(4)13(2)3/h13-14,16H,6-12H2,1-5H3. The Morgan fingerprint density at radius 2 is 1.76 bits per heavy atom. The molecule has 0 saturated carbocycles. The number of piperidine rings is 1. The molecule has 1 atom stereocenters. The van der Waals surface area contributed by atoms with Crippen LogP contribution in [0, 0.1) is 11.3 Å². The van der Waals surface area contributed by atoms with Crippen molar-refractivity contribution in [2.45, 2.75) is 59.4 Å². The van der Waals surface area contributed by atoms with Gasteiger partial charge in [0, 0.05) is 12.6 Å². The normalized spacial score (nSPS) is 22.1. The van der Waals surface area contributed by atoms with Crippen LogP contribution >= 0.6 is 0 Å². The van der Waals surface area contributed by atoms with Gasteiger partial charge >= 0.3 is 0 Å². The maximum Gasteiger partial charge on any atom is 0.00871 e. The lowest BCUT2D eigenvalue weighted by molar-refractivity contribution is 0.0823. The summed E-state index contributed by atoms with van der Waals surface area (Å²) in [5.41, 5.74) is 0.581. The van der Waals surface area contributed by atoms with Crippen LogP contribution in [0.1, 0.15) is 53.4 Å². The van der Waals surface area contributed by atoms with E-state index in [1.165, 1.54) is 45.3 Å². The molecule has 2 nitrogen and oxygen atoms in total. The fourth-order valence-corrected chi connectivity index (χ4v) is 3.16. The fraction of sp³-hybridized carbons (Fsp3) is 1.00. The van der Waals surface area contributed by atoms with E-state index in [9.17, 15) is 0 Å². The number of rotatable bonds is 6. The van der Waals surface area contributed by atoms with Crippen LogP contribution in [0.15, 0.2) is 0 Å². The van der Waals surface area contributed by atoms with Gasteiger partial charge in [0.25, 0.3) is 0 Å². The van der Waals surface area contributed by atoms with Crippen LogP contribution in [0.4, 0.5) is 0 Å². The zero-order valence-electron chi connectivity index (χ0n) is 12.6. The first-order valence-corrected chi connectivity index (χ1v) is 7.42. The first-order valence-electron chi connectivity index (χ1n) is 7.42. The van der Waals surface area contributed by atoms with Gasteiger partial charge in [-0.25, -0.2) is 0 Å². The summed E-state index contributed by atoms with van der Waals surface area (Å²) in [7, 11) is 2.31. The van der Waals surface area contributed by atoms with Gasteiger partial charge in [0.05, 0.1) is 0 Å². The van der Waals surface area contributed by atoms with Gasteiger partial charge in [-0.05, 0) is 57.7 Å². The van der Waals surface area contributed by atoms with Crippen molar-refractivity contribution in [1.82, 2.24) is 10.2 Å². The van der Waals surface area contributed by atoms with Gasteiger partial charge in [0.1, 0.15) is 0 Å². The summed E-state index contributed by atoms with van der Waals surface area (Å²) < 4.78 is 0. The summed E-state index contributed by atoms with van der Waals surface area (Å²) in [6.07, 6.45) is 5.43. The minimum atomic E-state index is 0.581. The lowest BCUT2D eigenvalue weighted by Crippen LogP contribution is -2.46. The van der Waals surface area contributed by atoms with Crippen molar-refractivity contribution < 1.29 is 0 Å². The van der Waals surface area contributed by atoms with E-state index < -0.39 is 0 Å². The topological polar surface area (TPSA) is 15.3 Å². The molecule has 0 aliphatic carbocycles. The Morgan fingerprint density at radius 3 is 2.24 bits per heavy atom. The zero-order chi connectivity index (χ0) is 12.9. The van der Waals surface area contributed by atoms with Crippen LogP contribution < -0.4 is 5.32 Å². The van der Waals surface area contributed by atoms with Crippen molar-refractivity contribution >= 4 is 0 Å². The van der Waals surface area contributed by atoms with Crippen LogP contribution in [0.5, 0.6) is 0 Å². The summed E-state index contributed by atoms with van der Waals surface area (Å²) >= 11 is 0. The zero-order valence-corrected chi connectivity index (χ0v) is 12.6. The largest absolute Gasteiger partial charge is 0.317 e. The van der Waals surface area contributed by atoms with Gasteiger partial charge in [-0.1, -0.05) is 27.2 Å². The van der Waals surface area contributed by atoms with E-state index in [4.69, 9.17) is 0 Å². The van der Waals surface area contributed by atoms with Crippen molar-refractivity contribution in [1.29, 1.82) is 0 Å². The quantitative estimate of drug-likeness (QED) is 0.767. The maximum absolute atomic E-state index is 3.50. The number of hydrogen-bond acceptors (Lipinski definition) is 2. The SMILES string of the molecule is CCCC1(CN(C)C(C)C(C)C)CCNCC1. The molecule has 1 aliphatic rings. The highest BCUT2D eigenvalue weighted by Crippen LogP contribution is 2.35. The Kier molecular flexibility index (Phi) is 5.94. The van der Waals surface area contributed by atoms with E-state index >= 15 is 0 Å². The first-order chi connectivity index (χ1) is 8.01. The molecule has 0 radical (unpaired) electrons. The molecule has 0 aromatic carbocycles. The molecule has 0 aromatic rings. The molecule has 0 amide bonds. The van der Waals surface area contributed by atoms with Crippen molar-refractivity contribution in [3.8, 4) is 0 Å². The molecule has 1 unspecified atom stereocenters. The molecular weight excluding hydrogens is 208 g/mol. The molecule has 17 heavy (non-hydrogen) atoms. The first kappa shape index (κ1) is 15.0. The molecule has 2 heteroatoms. The third kappa shape index (κ3) is 4.26. The second-order valence-electron chi connectivity index (χ2n) is 6.40. The van der Waals surface area contributed by atoms with E-state index in [1.54, 1.807) is 0 Å². The number of nitrogens with one attached hydrogen (secondary N) is 1. The van der Waals surface area contributed by atoms with Gasteiger partial charge in [-0.3, -0.25) is 0 Å². The maximum atomic E-state index is 3.50. The Balaban J connectivity index is 2.59. The number of nitrogens with zero attached hydrogens (tertiary/aromatic N) is 1. The van der Waals surface area contributed by atoms with E-state index in [0.717, 1.165) is 5.92 Å². The molecular formula is C15H32N2. The number of hydrogen-bond donors (Lipinski definition) is 1. The van der Waals surface area contributed by atoms with Crippen molar-refractivity contribution in [3.05, 3.63) is 0 Å². The van der Waals surface area contributed by atoms with Gasteiger partial charge in [-0.15, -0.1) is 0 Å². The van der Waals surface area contributed by atoms with Crippen molar-refractivity contribution in [3.63, 3.8) is 0 Å².